The topological polar surface area (TPSA) is 42.0 Å². The Labute approximate surface area is 156 Å². The zero-order valence-corrected chi connectivity index (χ0v) is 15.3. The molecule has 0 spiro atoms. The maximum atomic E-state index is 12.1. The molecule has 3 rings (SSSR count). The molecule has 1 amide bonds. The van der Waals surface area contributed by atoms with Crippen molar-refractivity contribution in [2.24, 2.45) is 0 Å². The van der Waals surface area contributed by atoms with Gasteiger partial charge < -0.3 is 0 Å². The Morgan fingerprint density at radius 2 is 2.08 bits per heavy atom. The third-order valence-corrected chi connectivity index (χ3v) is 4.80. The molecule has 3 nitrogen and oxygen atoms in total. The van der Waals surface area contributed by atoms with Crippen molar-refractivity contribution in [2.45, 2.75) is 13.3 Å². The predicted molar refractivity (Wildman–Crippen MR) is 105 cm³/mol. The molecule has 0 aliphatic rings. The van der Waals surface area contributed by atoms with E-state index in [0.717, 1.165) is 33.0 Å². The number of hydrogen-bond acceptors (Lipinski definition) is 3. The van der Waals surface area contributed by atoms with E-state index >= 15 is 0 Å². The van der Waals surface area contributed by atoms with Crippen LogP contribution in [0.1, 0.15) is 21.6 Å². The number of aryl methyl sites for hydroxylation is 1. The average Bonchev–Trinajstić information content (AvgIpc) is 3.01. The van der Waals surface area contributed by atoms with Gasteiger partial charge >= 0.3 is 0 Å². The minimum Gasteiger partial charge on any atom is -0.298 e. The van der Waals surface area contributed by atoms with Crippen LogP contribution in [0.15, 0.2) is 60.8 Å². The SMILES string of the molecule is Cc1ccccc1/C=C/C(=O)Nc1ncc(Cc2cccc(Cl)c2)s1. The molecule has 0 atom stereocenters. The van der Waals surface area contributed by atoms with E-state index in [1.807, 2.05) is 61.5 Å². The van der Waals surface area contributed by atoms with Gasteiger partial charge in [0.25, 0.3) is 0 Å². The van der Waals surface area contributed by atoms with Gasteiger partial charge in [0.05, 0.1) is 0 Å². The van der Waals surface area contributed by atoms with E-state index in [9.17, 15) is 4.79 Å². The molecule has 0 aliphatic carbocycles. The van der Waals surface area contributed by atoms with E-state index in [1.165, 1.54) is 17.4 Å². The zero-order chi connectivity index (χ0) is 17.6. The van der Waals surface area contributed by atoms with Crippen LogP contribution in [0, 0.1) is 6.92 Å². The highest BCUT2D eigenvalue weighted by molar-refractivity contribution is 7.15. The van der Waals surface area contributed by atoms with Gasteiger partial charge in [-0.3, -0.25) is 10.1 Å². The molecule has 0 radical (unpaired) electrons. The summed E-state index contributed by atoms with van der Waals surface area (Å²) < 4.78 is 0. The van der Waals surface area contributed by atoms with E-state index in [1.54, 1.807) is 6.20 Å². The summed E-state index contributed by atoms with van der Waals surface area (Å²) in [5.74, 6) is -0.188. The van der Waals surface area contributed by atoms with Crippen molar-refractivity contribution in [1.29, 1.82) is 0 Å². The molecule has 0 saturated heterocycles. The number of halogens is 1. The summed E-state index contributed by atoms with van der Waals surface area (Å²) >= 11 is 7.47. The molecule has 5 heteroatoms. The Morgan fingerprint density at radius 3 is 2.88 bits per heavy atom. The summed E-state index contributed by atoms with van der Waals surface area (Å²) in [7, 11) is 0. The van der Waals surface area contributed by atoms with Crippen molar-refractivity contribution in [3.05, 3.63) is 87.4 Å². The first-order valence-corrected chi connectivity index (χ1v) is 9.03. The van der Waals surface area contributed by atoms with Crippen LogP contribution >= 0.6 is 22.9 Å². The summed E-state index contributed by atoms with van der Waals surface area (Å²) in [5.41, 5.74) is 3.27. The smallest absolute Gasteiger partial charge is 0.250 e. The van der Waals surface area contributed by atoms with Crippen LogP contribution in [0.5, 0.6) is 0 Å². The van der Waals surface area contributed by atoms with Crippen molar-refractivity contribution in [1.82, 2.24) is 4.98 Å². The van der Waals surface area contributed by atoms with Gasteiger partial charge in [0.1, 0.15) is 0 Å². The van der Waals surface area contributed by atoms with Crippen molar-refractivity contribution in [2.75, 3.05) is 5.32 Å². The molecular weight excluding hydrogens is 352 g/mol. The Morgan fingerprint density at radius 1 is 1.24 bits per heavy atom. The van der Waals surface area contributed by atoms with E-state index < -0.39 is 0 Å². The van der Waals surface area contributed by atoms with E-state index in [2.05, 4.69) is 10.3 Å². The number of nitrogens with zero attached hydrogens (tertiary/aromatic N) is 1. The van der Waals surface area contributed by atoms with Crippen LogP contribution in [0.3, 0.4) is 0 Å². The highest BCUT2D eigenvalue weighted by atomic mass is 35.5. The summed E-state index contributed by atoms with van der Waals surface area (Å²) in [4.78, 5) is 17.4. The van der Waals surface area contributed by atoms with Crippen molar-refractivity contribution < 1.29 is 4.79 Å². The second kappa shape index (κ2) is 8.10. The minimum absolute atomic E-state index is 0.188. The summed E-state index contributed by atoms with van der Waals surface area (Å²) in [6, 6.07) is 15.7. The lowest BCUT2D eigenvalue weighted by Crippen LogP contribution is -2.07. The first-order valence-electron chi connectivity index (χ1n) is 7.84. The normalized spacial score (nSPS) is 11.0. The Hall–Kier alpha value is -2.43. The van der Waals surface area contributed by atoms with E-state index in [4.69, 9.17) is 11.6 Å². The second-order valence-corrected chi connectivity index (χ2v) is 7.17. The molecule has 3 aromatic rings. The molecule has 1 N–H and O–H groups in total. The average molecular weight is 369 g/mol. The first-order chi connectivity index (χ1) is 12.1. The fourth-order valence-electron chi connectivity index (χ4n) is 2.38. The third-order valence-electron chi connectivity index (χ3n) is 3.65. The van der Waals surface area contributed by atoms with Crippen molar-refractivity contribution >= 4 is 40.1 Å². The van der Waals surface area contributed by atoms with Crippen LogP contribution in [0.2, 0.25) is 5.02 Å². The fourth-order valence-corrected chi connectivity index (χ4v) is 3.44. The number of anilines is 1. The molecule has 1 heterocycles. The Bertz CT molecular complexity index is 917. The number of aromatic nitrogens is 1. The molecule has 2 aromatic carbocycles. The van der Waals surface area contributed by atoms with Gasteiger partial charge in [0.2, 0.25) is 5.91 Å². The first kappa shape index (κ1) is 17.4. The molecule has 0 bridgehead atoms. The van der Waals surface area contributed by atoms with Crippen molar-refractivity contribution in [3.63, 3.8) is 0 Å². The lowest BCUT2D eigenvalue weighted by molar-refractivity contribution is -0.111. The highest BCUT2D eigenvalue weighted by Gasteiger charge is 2.06. The van der Waals surface area contributed by atoms with Crippen LogP contribution in [-0.4, -0.2) is 10.9 Å². The highest BCUT2D eigenvalue weighted by Crippen LogP contribution is 2.22. The third kappa shape index (κ3) is 5.02. The quantitative estimate of drug-likeness (QED) is 0.617. The number of rotatable bonds is 5. The number of hydrogen-bond donors (Lipinski definition) is 1. The molecule has 0 saturated carbocycles. The lowest BCUT2D eigenvalue weighted by Gasteiger charge is -1.99. The number of benzene rings is 2. The fraction of sp³-hybridized carbons (Fsp3) is 0.100. The molecule has 126 valence electrons. The number of amides is 1. The van der Waals surface area contributed by atoms with Gasteiger partial charge in [-0.05, 0) is 41.8 Å². The summed E-state index contributed by atoms with van der Waals surface area (Å²) in [6.45, 7) is 2.01. The maximum Gasteiger partial charge on any atom is 0.250 e. The molecule has 1 aromatic heterocycles. The number of thiazole rings is 1. The monoisotopic (exact) mass is 368 g/mol. The van der Waals surface area contributed by atoms with E-state index in [0.29, 0.717) is 5.13 Å². The number of carbonyl (C=O) groups excluding carboxylic acids is 1. The van der Waals surface area contributed by atoms with Crippen LogP contribution in [-0.2, 0) is 11.2 Å². The summed E-state index contributed by atoms with van der Waals surface area (Å²) in [5, 5.41) is 4.12. The molecule has 25 heavy (non-hydrogen) atoms. The lowest BCUT2D eigenvalue weighted by atomic mass is 10.1. The van der Waals surface area contributed by atoms with Crippen LogP contribution in [0.25, 0.3) is 6.08 Å². The number of nitrogens with one attached hydrogen (secondary N) is 1. The zero-order valence-electron chi connectivity index (χ0n) is 13.7. The molecular formula is C20H17ClN2OS. The molecule has 0 fully saturated rings. The Balaban J connectivity index is 1.61. The Kier molecular flexibility index (Phi) is 5.64. The van der Waals surface area contributed by atoms with Gasteiger partial charge in [-0.25, -0.2) is 4.98 Å². The second-order valence-electron chi connectivity index (χ2n) is 5.62. The van der Waals surface area contributed by atoms with Gasteiger partial charge in [-0.2, -0.15) is 0 Å². The van der Waals surface area contributed by atoms with Crippen LogP contribution < -0.4 is 5.32 Å². The molecule has 0 unspecified atom stereocenters. The number of carbonyl (C=O) groups is 1. The van der Waals surface area contributed by atoms with Gasteiger partial charge in [0.15, 0.2) is 5.13 Å². The summed E-state index contributed by atoms with van der Waals surface area (Å²) in [6.07, 6.45) is 5.87. The van der Waals surface area contributed by atoms with Gasteiger partial charge in [-0.1, -0.05) is 48.0 Å². The van der Waals surface area contributed by atoms with Gasteiger partial charge in [-0.15, -0.1) is 11.3 Å². The van der Waals surface area contributed by atoms with Crippen molar-refractivity contribution in [3.8, 4) is 0 Å². The standard InChI is InChI=1S/C20H17ClN2OS/c1-14-5-2-3-7-16(14)9-10-19(24)23-20-22-13-18(25-20)12-15-6-4-8-17(21)11-15/h2-11,13H,12H2,1H3,(H,22,23,24)/b10-9+. The van der Waals surface area contributed by atoms with Crippen LogP contribution in [0.4, 0.5) is 5.13 Å². The largest absolute Gasteiger partial charge is 0.298 e. The predicted octanol–water partition coefficient (Wildman–Crippen LogP) is 5.35. The van der Waals surface area contributed by atoms with Gasteiger partial charge in [0, 0.05) is 28.6 Å². The minimum atomic E-state index is -0.188. The molecule has 0 aliphatic heterocycles. The maximum absolute atomic E-state index is 12.1. The van der Waals surface area contributed by atoms with E-state index in [-0.39, 0.29) is 5.91 Å².